The molecule has 0 heterocycles. The van der Waals surface area contributed by atoms with E-state index in [0.29, 0.717) is 18.9 Å². The molecule has 26 heavy (non-hydrogen) atoms. The Morgan fingerprint density at radius 2 is 1.85 bits per heavy atom. The van der Waals surface area contributed by atoms with Crippen molar-refractivity contribution in [2.24, 2.45) is 5.92 Å². The molecule has 0 aliphatic rings. The van der Waals surface area contributed by atoms with Gasteiger partial charge in [0.15, 0.2) is 0 Å². The van der Waals surface area contributed by atoms with Gasteiger partial charge in [-0.1, -0.05) is 13.8 Å². The van der Waals surface area contributed by atoms with Gasteiger partial charge in [0.1, 0.15) is 17.7 Å². The van der Waals surface area contributed by atoms with Gasteiger partial charge in [0, 0.05) is 26.1 Å². The summed E-state index contributed by atoms with van der Waals surface area (Å²) in [6, 6.07) is 2.09. The van der Waals surface area contributed by atoms with Gasteiger partial charge in [0.25, 0.3) is 5.91 Å². The molecule has 1 aromatic rings. The second-order valence-corrected chi connectivity index (χ2v) is 6.35. The van der Waals surface area contributed by atoms with Gasteiger partial charge in [0.2, 0.25) is 11.8 Å². The molecule has 0 aliphatic carbocycles. The fourth-order valence-corrected chi connectivity index (χ4v) is 2.36. The van der Waals surface area contributed by atoms with Gasteiger partial charge < -0.3 is 16.0 Å². The summed E-state index contributed by atoms with van der Waals surface area (Å²) in [7, 11) is 1.51. The van der Waals surface area contributed by atoms with Crippen LogP contribution >= 0.6 is 0 Å². The van der Waals surface area contributed by atoms with Crippen molar-refractivity contribution in [2.75, 3.05) is 13.6 Å². The van der Waals surface area contributed by atoms with Crippen LogP contribution in [0.15, 0.2) is 18.2 Å². The standard InChI is InChI=1S/C18H25F2N3O3/c1-11(2)9-15(18(26)21-3)23-16(24)5-4-8-22-17(25)13-7-6-12(19)10-14(13)20/h6-7,10-11,15H,4-5,8-9H2,1-3H3,(H,21,26)(H,22,25)(H,23,24). The van der Waals surface area contributed by atoms with Gasteiger partial charge in [-0.3, -0.25) is 14.4 Å². The Kier molecular flexibility index (Phi) is 8.67. The zero-order valence-corrected chi connectivity index (χ0v) is 15.2. The third-order valence-corrected chi connectivity index (χ3v) is 3.65. The SMILES string of the molecule is CNC(=O)C(CC(C)C)NC(=O)CCCNC(=O)c1ccc(F)cc1F. The van der Waals surface area contributed by atoms with Crippen LogP contribution in [-0.2, 0) is 9.59 Å². The fourth-order valence-electron chi connectivity index (χ4n) is 2.36. The highest BCUT2D eigenvalue weighted by atomic mass is 19.1. The molecule has 6 nitrogen and oxygen atoms in total. The average molecular weight is 369 g/mol. The maximum Gasteiger partial charge on any atom is 0.254 e. The van der Waals surface area contributed by atoms with Crippen molar-refractivity contribution in [3.05, 3.63) is 35.4 Å². The van der Waals surface area contributed by atoms with Gasteiger partial charge in [-0.05, 0) is 30.9 Å². The van der Waals surface area contributed by atoms with Crippen LogP contribution < -0.4 is 16.0 Å². The Morgan fingerprint density at radius 3 is 2.42 bits per heavy atom. The van der Waals surface area contributed by atoms with E-state index in [1.165, 1.54) is 7.05 Å². The number of benzene rings is 1. The first kappa shape index (κ1) is 21.5. The van der Waals surface area contributed by atoms with Crippen molar-refractivity contribution < 1.29 is 23.2 Å². The summed E-state index contributed by atoms with van der Waals surface area (Å²) >= 11 is 0. The van der Waals surface area contributed by atoms with Crippen molar-refractivity contribution >= 4 is 17.7 Å². The predicted octanol–water partition coefficient (Wildman–Crippen LogP) is 1.75. The number of halogens is 2. The number of nitrogens with one attached hydrogen (secondary N) is 3. The third-order valence-electron chi connectivity index (χ3n) is 3.65. The molecular weight excluding hydrogens is 344 g/mol. The Morgan fingerprint density at radius 1 is 1.15 bits per heavy atom. The molecule has 0 saturated carbocycles. The summed E-state index contributed by atoms with van der Waals surface area (Å²) in [5, 5.41) is 7.65. The van der Waals surface area contributed by atoms with E-state index in [0.717, 1.165) is 12.1 Å². The van der Waals surface area contributed by atoms with Gasteiger partial charge >= 0.3 is 0 Å². The smallest absolute Gasteiger partial charge is 0.254 e. The number of likely N-dealkylation sites (N-methyl/N-ethyl adjacent to an activating group) is 1. The summed E-state index contributed by atoms with van der Waals surface area (Å²) < 4.78 is 26.3. The van der Waals surface area contributed by atoms with Gasteiger partial charge in [0.05, 0.1) is 5.56 Å². The highest BCUT2D eigenvalue weighted by molar-refractivity contribution is 5.94. The van der Waals surface area contributed by atoms with Crippen molar-refractivity contribution in [1.82, 2.24) is 16.0 Å². The number of hydrogen-bond acceptors (Lipinski definition) is 3. The maximum atomic E-state index is 13.5. The molecule has 0 aliphatic heterocycles. The van der Waals surface area contributed by atoms with Gasteiger partial charge in [-0.15, -0.1) is 0 Å². The van der Waals surface area contributed by atoms with E-state index in [2.05, 4.69) is 16.0 Å². The Bertz CT molecular complexity index is 651. The van der Waals surface area contributed by atoms with Crippen molar-refractivity contribution in [1.29, 1.82) is 0 Å². The van der Waals surface area contributed by atoms with E-state index in [4.69, 9.17) is 0 Å². The molecule has 8 heteroatoms. The number of amides is 3. The molecule has 1 aromatic carbocycles. The van der Waals surface area contributed by atoms with Crippen LogP contribution in [0.5, 0.6) is 0 Å². The minimum Gasteiger partial charge on any atom is -0.357 e. The summed E-state index contributed by atoms with van der Waals surface area (Å²) in [4.78, 5) is 35.5. The second kappa shape index (κ2) is 10.5. The molecule has 144 valence electrons. The zero-order valence-electron chi connectivity index (χ0n) is 15.2. The highest BCUT2D eigenvalue weighted by Gasteiger charge is 2.20. The van der Waals surface area contributed by atoms with Crippen LogP contribution in [-0.4, -0.2) is 37.4 Å². The van der Waals surface area contributed by atoms with Crippen molar-refractivity contribution in [3.63, 3.8) is 0 Å². The molecule has 0 saturated heterocycles. The van der Waals surface area contributed by atoms with Gasteiger partial charge in [-0.25, -0.2) is 8.78 Å². The number of hydrogen-bond donors (Lipinski definition) is 3. The molecule has 3 N–H and O–H groups in total. The number of rotatable bonds is 9. The fraction of sp³-hybridized carbons (Fsp3) is 0.500. The Labute approximate surface area is 151 Å². The summed E-state index contributed by atoms with van der Waals surface area (Å²) in [6.45, 7) is 4.05. The zero-order chi connectivity index (χ0) is 19.7. The second-order valence-electron chi connectivity index (χ2n) is 6.35. The molecule has 0 fully saturated rings. The lowest BCUT2D eigenvalue weighted by Gasteiger charge is -2.19. The lowest BCUT2D eigenvalue weighted by Crippen LogP contribution is -2.46. The molecule has 1 unspecified atom stereocenters. The topological polar surface area (TPSA) is 87.3 Å². The average Bonchev–Trinajstić information content (AvgIpc) is 2.56. The molecule has 0 radical (unpaired) electrons. The van der Waals surface area contributed by atoms with Crippen LogP contribution in [0.4, 0.5) is 8.78 Å². The quantitative estimate of drug-likeness (QED) is 0.580. The molecule has 3 amide bonds. The van der Waals surface area contributed by atoms with E-state index in [1.807, 2.05) is 13.8 Å². The highest BCUT2D eigenvalue weighted by Crippen LogP contribution is 2.09. The van der Waals surface area contributed by atoms with E-state index in [-0.39, 0.29) is 36.3 Å². The summed E-state index contributed by atoms with van der Waals surface area (Å²) in [6.07, 6.45) is 0.951. The monoisotopic (exact) mass is 369 g/mol. The largest absolute Gasteiger partial charge is 0.357 e. The van der Waals surface area contributed by atoms with Crippen molar-refractivity contribution in [2.45, 2.75) is 39.2 Å². The molecule has 1 atom stereocenters. The summed E-state index contributed by atoms with van der Waals surface area (Å²) in [5.41, 5.74) is -0.257. The van der Waals surface area contributed by atoms with Crippen LogP contribution in [0.3, 0.4) is 0 Å². The van der Waals surface area contributed by atoms with Crippen molar-refractivity contribution in [3.8, 4) is 0 Å². The van der Waals surface area contributed by atoms with E-state index >= 15 is 0 Å². The molecule has 0 spiro atoms. The predicted molar refractivity (Wildman–Crippen MR) is 93.4 cm³/mol. The van der Waals surface area contributed by atoms with Gasteiger partial charge in [-0.2, -0.15) is 0 Å². The summed E-state index contributed by atoms with van der Waals surface area (Å²) in [5.74, 6) is -2.70. The molecule has 1 rings (SSSR count). The van der Waals surface area contributed by atoms with E-state index in [9.17, 15) is 23.2 Å². The minimum atomic E-state index is -0.942. The normalized spacial score (nSPS) is 11.8. The van der Waals surface area contributed by atoms with E-state index in [1.54, 1.807) is 0 Å². The lowest BCUT2D eigenvalue weighted by atomic mass is 10.0. The first-order valence-corrected chi connectivity index (χ1v) is 8.48. The first-order valence-electron chi connectivity index (χ1n) is 8.48. The molecule has 0 aromatic heterocycles. The molecular formula is C18H25F2N3O3. The van der Waals surface area contributed by atoms with Crippen LogP contribution in [0.1, 0.15) is 43.5 Å². The minimum absolute atomic E-state index is 0.109. The third kappa shape index (κ3) is 7.16. The Balaban J connectivity index is 2.40. The van der Waals surface area contributed by atoms with Crippen LogP contribution in [0.2, 0.25) is 0 Å². The number of carbonyl (C=O) groups excluding carboxylic acids is 3. The molecule has 0 bridgehead atoms. The van der Waals surface area contributed by atoms with Crippen LogP contribution in [0, 0.1) is 17.6 Å². The van der Waals surface area contributed by atoms with Crippen LogP contribution in [0.25, 0.3) is 0 Å². The van der Waals surface area contributed by atoms with E-state index < -0.39 is 23.6 Å². The maximum absolute atomic E-state index is 13.5. The first-order chi connectivity index (χ1) is 12.2. The Hall–Kier alpha value is -2.51. The number of carbonyl (C=O) groups is 3. The lowest BCUT2D eigenvalue weighted by molar-refractivity contribution is -0.129.